The van der Waals surface area contributed by atoms with Crippen LogP contribution in [0.2, 0.25) is 0 Å². The molecular weight excluding hydrogens is 188 g/mol. The van der Waals surface area contributed by atoms with Crippen molar-refractivity contribution >= 4 is 0 Å². The van der Waals surface area contributed by atoms with E-state index in [1.54, 1.807) is 0 Å². The van der Waals surface area contributed by atoms with Crippen molar-refractivity contribution in [2.75, 3.05) is 13.1 Å². The SMILES string of the molecule is CC(C)N1CCC2(CC1)CC(O)C[C@H]2N. The first-order chi connectivity index (χ1) is 7.03. The largest absolute Gasteiger partial charge is 0.393 e. The number of likely N-dealkylation sites (tertiary alicyclic amines) is 1. The zero-order valence-electron chi connectivity index (χ0n) is 9.95. The molecule has 1 aliphatic carbocycles. The highest BCUT2D eigenvalue weighted by atomic mass is 16.3. The lowest BCUT2D eigenvalue weighted by Gasteiger charge is -2.43. The van der Waals surface area contributed by atoms with E-state index in [4.69, 9.17) is 5.73 Å². The molecule has 2 atom stereocenters. The second-order valence-corrected chi connectivity index (χ2v) is 5.69. The van der Waals surface area contributed by atoms with Gasteiger partial charge in [0.15, 0.2) is 0 Å². The molecule has 0 bridgehead atoms. The lowest BCUT2D eigenvalue weighted by Crippen LogP contribution is -2.48. The molecule has 1 saturated carbocycles. The highest BCUT2D eigenvalue weighted by Gasteiger charge is 2.46. The first-order valence-corrected chi connectivity index (χ1v) is 6.21. The van der Waals surface area contributed by atoms with Gasteiger partial charge in [-0.3, -0.25) is 0 Å². The molecule has 1 unspecified atom stereocenters. The number of rotatable bonds is 1. The van der Waals surface area contributed by atoms with E-state index in [-0.39, 0.29) is 17.6 Å². The molecule has 0 amide bonds. The average molecular weight is 212 g/mol. The summed E-state index contributed by atoms with van der Waals surface area (Å²) < 4.78 is 0. The van der Waals surface area contributed by atoms with Crippen LogP contribution in [-0.4, -0.2) is 41.3 Å². The third kappa shape index (κ3) is 2.05. The maximum atomic E-state index is 9.70. The number of hydrogen-bond acceptors (Lipinski definition) is 3. The summed E-state index contributed by atoms with van der Waals surface area (Å²) in [5.41, 5.74) is 6.43. The third-order valence-electron chi connectivity index (χ3n) is 4.48. The van der Waals surface area contributed by atoms with Gasteiger partial charge in [0.1, 0.15) is 0 Å². The summed E-state index contributed by atoms with van der Waals surface area (Å²) in [6, 6.07) is 0.867. The fraction of sp³-hybridized carbons (Fsp3) is 1.00. The van der Waals surface area contributed by atoms with E-state index in [1.807, 2.05) is 0 Å². The predicted molar refractivity (Wildman–Crippen MR) is 61.6 cm³/mol. The minimum Gasteiger partial charge on any atom is -0.393 e. The minimum atomic E-state index is -0.148. The van der Waals surface area contributed by atoms with Crippen LogP contribution < -0.4 is 5.73 Å². The minimum absolute atomic E-state index is 0.148. The van der Waals surface area contributed by atoms with Gasteiger partial charge in [0.25, 0.3) is 0 Å². The smallest absolute Gasteiger partial charge is 0.0561 e. The highest BCUT2D eigenvalue weighted by molar-refractivity contribution is 5.01. The molecule has 2 fully saturated rings. The van der Waals surface area contributed by atoms with Gasteiger partial charge >= 0.3 is 0 Å². The van der Waals surface area contributed by atoms with E-state index in [2.05, 4.69) is 18.7 Å². The summed E-state index contributed by atoms with van der Waals surface area (Å²) in [5, 5.41) is 9.70. The van der Waals surface area contributed by atoms with Crippen molar-refractivity contribution < 1.29 is 5.11 Å². The fourth-order valence-electron chi connectivity index (χ4n) is 3.31. The van der Waals surface area contributed by atoms with Gasteiger partial charge in [-0.1, -0.05) is 0 Å². The van der Waals surface area contributed by atoms with Gasteiger partial charge in [-0.25, -0.2) is 0 Å². The molecule has 0 radical (unpaired) electrons. The zero-order chi connectivity index (χ0) is 11.1. The monoisotopic (exact) mass is 212 g/mol. The molecule has 1 aliphatic heterocycles. The lowest BCUT2D eigenvalue weighted by atomic mass is 9.74. The molecule has 2 aliphatic rings. The van der Waals surface area contributed by atoms with Crippen LogP contribution in [0.1, 0.15) is 39.5 Å². The first-order valence-electron chi connectivity index (χ1n) is 6.21. The van der Waals surface area contributed by atoms with Crippen LogP contribution in [0.3, 0.4) is 0 Å². The zero-order valence-corrected chi connectivity index (χ0v) is 9.95. The fourth-order valence-corrected chi connectivity index (χ4v) is 3.31. The quantitative estimate of drug-likeness (QED) is 0.680. The van der Waals surface area contributed by atoms with Gasteiger partial charge in [-0.15, -0.1) is 0 Å². The summed E-state index contributed by atoms with van der Waals surface area (Å²) in [5.74, 6) is 0. The predicted octanol–water partition coefficient (Wildman–Crippen LogP) is 0.959. The molecule has 1 saturated heterocycles. The highest BCUT2D eigenvalue weighted by Crippen LogP contribution is 2.45. The van der Waals surface area contributed by atoms with Crippen molar-refractivity contribution in [2.24, 2.45) is 11.1 Å². The van der Waals surface area contributed by atoms with Crippen molar-refractivity contribution in [1.29, 1.82) is 0 Å². The van der Waals surface area contributed by atoms with E-state index in [0.717, 1.165) is 25.9 Å². The summed E-state index contributed by atoms with van der Waals surface area (Å²) in [4.78, 5) is 2.52. The maximum Gasteiger partial charge on any atom is 0.0561 e. The second-order valence-electron chi connectivity index (χ2n) is 5.69. The molecule has 88 valence electrons. The van der Waals surface area contributed by atoms with Crippen LogP contribution in [0, 0.1) is 5.41 Å². The Hall–Kier alpha value is -0.120. The number of hydrogen-bond donors (Lipinski definition) is 2. The molecule has 1 spiro atoms. The second kappa shape index (κ2) is 4.04. The Bertz CT molecular complexity index is 222. The number of aliphatic hydroxyl groups excluding tert-OH is 1. The summed E-state index contributed by atoms with van der Waals surface area (Å²) in [6.07, 6.45) is 3.93. The molecular formula is C12H24N2O. The third-order valence-corrected chi connectivity index (χ3v) is 4.48. The average Bonchev–Trinajstić information content (AvgIpc) is 2.42. The van der Waals surface area contributed by atoms with Crippen molar-refractivity contribution in [3.63, 3.8) is 0 Å². The normalized spacial score (nSPS) is 36.6. The van der Waals surface area contributed by atoms with Crippen molar-refractivity contribution in [1.82, 2.24) is 4.90 Å². The van der Waals surface area contributed by atoms with E-state index in [9.17, 15) is 5.11 Å². The van der Waals surface area contributed by atoms with Crippen LogP contribution in [0.5, 0.6) is 0 Å². The van der Waals surface area contributed by atoms with E-state index in [1.165, 1.54) is 12.8 Å². The molecule has 15 heavy (non-hydrogen) atoms. The molecule has 1 heterocycles. The Kier molecular flexibility index (Phi) is 3.06. The summed E-state index contributed by atoms with van der Waals surface area (Å²) in [6.45, 7) is 6.80. The number of nitrogens with two attached hydrogens (primary N) is 1. The Morgan fingerprint density at radius 1 is 1.33 bits per heavy atom. The van der Waals surface area contributed by atoms with Gasteiger partial charge < -0.3 is 15.7 Å². The Labute approximate surface area is 92.6 Å². The van der Waals surface area contributed by atoms with Gasteiger partial charge in [-0.2, -0.15) is 0 Å². The van der Waals surface area contributed by atoms with E-state index < -0.39 is 0 Å². The first kappa shape index (κ1) is 11.4. The molecule has 3 heteroatoms. The molecule has 2 rings (SSSR count). The number of aliphatic hydroxyl groups is 1. The number of piperidine rings is 1. The Morgan fingerprint density at radius 3 is 2.33 bits per heavy atom. The van der Waals surface area contributed by atoms with Crippen LogP contribution in [-0.2, 0) is 0 Å². The van der Waals surface area contributed by atoms with Crippen molar-refractivity contribution in [3.8, 4) is 0 Å². The number of nitrogens with zero attached hydrogens (tertiary/aromatic N) is 1. The maximum absolute atomic E-state index is 9.70. The van der Waals surface area contributed by atoms with Crippen LogP contribution >= 0.6 is 0 Å². The van der Waals surface area contributed by atoms with Gasteiger partial charge in [-0.05, 0) is 58.0 Å². The summed E-state index contributed by atoms with van der Waals surface area (Å²) in [7, 11) is 0. The van der Waals surface area contributed by atoms with Crippen LogP contribution in [0.4, 0.5) is 0 Å². The summed E-state index contributed by atoms with van der Waals surface area (Å²) >= 11 is 0. The van der Waals surface area contributed by atoms with Gasteiger partial charge in [0.2, 0.25) is 0 Å². The van der Waals surface area contributed by atoms with E-state index >= 15 is 0 Å². The van der Waals surface area contributed by atoms with Crippen molar-refractivity contribution in [3.05, 3.63) is 0 Å². The Morgan fingerprint density at radius 2 is 1.93 bits per heavy atom. The topological polar surface area (TPSA) is 49.5 Å². The van der Waals surface area contributed by atoms with Gasteiger partial charge in [0, 0.05) is 12.1 Å². The van der Waals surface area contributed by atoms with Crippen LogP contribution in [0.25, 0.3) is 0 Å². The molecule has 0 aromatic heterocycles. The lowest BCUT2D eigenvalue weighted by molar-refractivity contribution is 0.0648. The molecule has 3 N–H and O–H groups in total. The molecule has 0 aromatic rings. The van der Waals surface area contributed by atoms with Gasteiger partial charge in [0.05, 0.1) is 6.10 Å². The van der Waals surface area contributed by atoms with Crippen molar-refractivity contribution in [2.45, 2.75) is 57.7 Å². The Balaban J connectivity index is 1.97. The molecule has 0 aromatic carbocycles. The standard InChI is InChI=1S/C12H24N2O/c1-9(2)14-5-3-12(4-6-14)8-10(15)7-11(12)13/h9-11,15H,3-8,13H2,1-2H3/t10?,11-/m1/s1. The molecule has 3 nitrogen and oxygen atoms in total. The van der Waals surface area contributed by atoms with Crippen LogP contribution in [0.15, 0.2) is 0 Å². The van der Waals surface area contributed by atoms with E-state index in [0.29, 0.717) is 6.04 Å².